The topological polar surface area (TPSA) is 64.5 Å². The Hall–Kier alpha value is -1.31. The number of nitrogens with zero attached hydrogens (tertiary/aromatic N) is 2. The molecule has 0 amide bonds. The van der Waals surface area contributed by atoms with E-state index in [0.29, 0.717) is 16.7 Å². The molecule has 1 aliphatic heterocycles. The predicted molar refractivity (Wildman–Crippen MR) is 87.5 cm³/mol. The number of benzene rings is 1. The first-order valence-corrected chi connectivity index (χ1v) is 7.97. The van der Waals surface area contributed by atoms with Crippen LogP contribution in [0.25, 0.3) is 0 Å². The van der Waals surface area contributed by atoms with Gasteiger partial charge in [0.2, 0.25) is 5.88 Å². The second-order valence-corrected chi connectivity index (χ2v) is 6.97. The van der Waals surface area contributed by atoms with E-state index in [1.165, 1.54) is 0 Å². The molecule has 2 aromatic rings. The minimum atomic E-state index is -0.855. The van der Waals surface area contributed by atoms with Crippen LogP contribution in [0.5, 0.6) is 11.6 Å². The number of fused-ring (bicyclic) bond motifs is 1. The van der Waals surface area contributed by atoms with Crippen LogP contribution in [0, 0.1) is 0 Å². The van der Waals surface area contributed by atoms with Crippen LogP contribution in [0.3, 0.4) is 0 Å². The summed E-state index contributed by atoms with van der Waals surface area (Å²) >= 11 is 7.53. The van der Waals surface area contributed by atoms with E-state index in [1.54, 1.807) is 12.1 Å². The molecule has 0 saturated heterocycles. The summed E-state index contributed by atoms with van der Waals surface area (Å²) in [5, 5.41) is 18.9. The van der Waals surface area contributed by atoms with E-state index in [-0.39, 0.29) is 0 Å². The number of thiol groups is 1. The molecule has 1 aliphatic rings. The first-order chi connectivity index (χ1) is 10.4. The van der Waals surface area contributed by atoms with Crippen LogP contribution in [0.1, 0.15) is 25.5 Å². The van der Waals surface area contributed by atoms with Gasteiger partial charge in [-0.2, -0.15) is 0 Å². The molecule has 0 bridgehead atoms. The highest BCUT2D eigenvalue weighted by Gasteiger charge is 2.44. The number of hydrogen-bond donors (Lipinski definition) is 2. The molecule has 2 unspecified atom stereocenters. The monoisotopic (exact) mass is 382 g/mol. The highest BCUT2D eigenvalue weighted by Crippen LogP contribution is 2.42. The number of aliphatic hydroxyl groups is 1. The zero-order valence-electron chi connectivity index (χ0n) is 12.0. The van der Waals surface area contributed by atoms with Gasteiger partial charge in [0.05, 0.1) is 0 Å². The van der Waals surface area contributed by atoms with Crippen LogP contribution >= 0.6 is 28.6 Å². The van der Waals surface area contributed by atoms with Gasteiger partial charge in [-0.05, 0) is 38.1 Å². The SMILES string of the molecule is CC1(C)Oc2ccc(Br)cc2C(Oc2ccc(S)nn2)C1O. The van der Waals surface area contributed by atoms with Gasteiger partial charge in [0.1, 0.15) is 22.5 Å². The molecule has 22 heavy (non-hydrogen) atoms. The van der Waals surface area contributed by atoms with Gasteiger partial charge < -0.3 is 14.6 Å². The first-order valence-electron chi connectivity index (χ1n) is 6.73. The van der Waals surface area contributed by atoms with Crippen molar-refractivity contribution in [2.24, 2.45) is 0 Å². The highest BCUT2D eigenvalue weighted by molar-refractivity contribution is 9.10. The summed E-state index contributed by atoms with van der Waals surface area (Å²) in [6.07, 6.45) is -1.46. The average Bonchev–Trinajstić information content (AvgIpc) is 2.47. The lowest BCUT2D eigenvalue weighted by atomic mass is 9.88. The molecule has 5 nitrogen and oxygen atoms in total. The normalized spacial score (nSPS) is 22.6. The molecular weight excluding hydrogens is 368 g/mol. The lowest BCUT2D eigenvalue weighted by Crippen LogP contribution is -2.50. The fourth-order valence-corrected chi connectivity index (χ4v) is 2.84. The maximum Gasteiger partial charge on any atom is 0.234 e. The van der Waals surface area contributed by atoms with Crippen molar-refractivity contribution < 1.29 is 14.6 Å². The Kier molecular flexibility index (Phi) is 4.05. The Morgan fingerprint density at radius 2 is 2.05 bits per heavy atom. The van der Waals surface area contributed by atoms with Gasteiger partial charge >= 0.3 is 0 Å². The predicted octanol–water partition coefficient (Wildman–Crippen LogP) is 3.18. The maximum atomic E-state index is 10.6. The van der Waals surface area contributed by atoms with Gasteiger partial charge in [-0.1, -0.05) is 15.9 Å². The fraction of sp³-hybridized carbons (Fsp3) is 0.333. The zero-order valence-corrected chi connectivity index (χ0v) is 14.5. The summed E-state index contributed by atoms with van der Waals surface area (Å²) in [5.41, 5.74) is -0.0134. The Morgan fingerprint density at radius 1 is 1.27 bits per heavy atom. The van der Waals surface area contributed by atoms with Crippen LogP contribution in [0.4, 0.5) is 0 Å². The zero-order chi connectivity index (χ0) is 15.9. The molecule has 1 N–H and O–H groups in total. The van der Waals surface area contributed by atoms with Gasteiger partial charge in [0.25, 0.3) is 0 Å². The van der Waals surface area contributed by atoms with Crippen molar-refractivity contribution in [1.29, 1.82) is 0 Å². The second kappa shape index (κ2) is 5.72. The molecule has 0 spiro atoms. The highest BCUT2D eigenvalue weighted by atomic mass is 79.9. The Bertz CT molecular complexity index is 694. The summed E-state index contributed by atoms with van der Waals surface area (Å²) in [6, 6.07) is 8.97. The van der Waals surface area contributed by atoms with E-state index in [0.717, 1.165) is 10.0 Å². The van der Waals surface area contributed by atoms with Gasteiger partial charge in [0, 0.05) is 16.1 Å². The van der Waals surface area contributed by atoms with Crippen molar-refractivity contribution in [2.45, 2.75) is 36.7 Å². The van der Waals surface area contributed by atoms with E-state index in [2.05, 4.69) is 38.8 Å². The molecule has 2 atom stereocenters. The van der Waals surface area contributed by atoms with Crippen LogP contribution < -0.4 is 9.47 Å². The molecule has 0 radical (unpaired) electrons. The molecule has 3 rings (SSSR count). The third-order valence-corrected chi connectivity index (χ3v) is 4.26. The smallest absolute Gasteiger partial charge is 0.234 e. The molecule has 0 fully saturated rings. The summed E-state index contributed by atoms with van der Waals surface area (Å²) in [7, 11) is 0. The minimum Gasteiger partial charge on any atom is -0.485 e. The van der Waals surface area contributed by atoms with Crippen molar-refractivity contribution in [3.8, 4) is 11.6 Å². The van der Waals surface area contributed by atoms with Crippen molar-refractivity contribution >= 4 is 28.6 Å². The molecule has 2 heterocycles. The largest absolute Gasteiger partial charge is 0.485 e. The molecule has 0 aliphatic carbocycles. The van der Waals surface area contributed by atoms with Crippen LogP contribution in [-0.4, -0.2) is 27.0 Å². The summed E-state index contributed by atoms with van der Waals surface area (Å²) in [5.74, 6) is 1.01. The molecule has 0 saturated carbocycles. The van der Waals surface area contributed by atoms with E-state index < -0.39 is 17.8 Å². The number of ether oxygens (including phenoxy) is 2. The van der Waals surface area contributed by atoms with Crippen LogP contribution in [0.15, 0.2) is 39.8 Å². The molecular formula is C15H15BrN2O3S. The lowest BCUT2D eigenvalue weighted by Gasteiger charge is -2.41. The van der Waals surface area contributed by atoms with Gasteiger partial charge in [-0.3, -0.25) is 0 Å². The standard InChI is InChI=1S/C15H15BrN2O3S/c1-15(2)14(19)13(20-11-5-6-12(22)18-17-11)9-7-8(16)3-4-10(9)21-15/h3-7,13-14,19H,1-2H3,(H,18,22). The summed E-state index contributed by atoms with van der Waals surface area (Å²) in [4.78, 5) is 0. The fourth-order valence-electron chi connectivity index (χ4n) is 2.35. The third kappa shape index (κ3) is 2.93. The van der Waals surface area contributed by atoms with Crippen molar-refractivity contribution in [3.05, 3.63) is 40.4 Å². The maximum absolute atomic E-state index is 10.6. The number of hydrogen-bond acceptors (Lipinski definition) is 6. The van der Waals surface area contributed by atoms with Gasteiger partial charge in [0.15, 0.2) is 6.10 Å². The summed E-state index contributed by atoms with van der Waals surface area (Å²) in [6.45, 7) is 3.64. The first kappa shape index (κ1) is 15.6. The Morgan fingerprint density at radius 3 is 2.73 bits per heavy atom. The van der Waals surface area contributed by atoms with E-state index >= 15 is 0 Å². The van der Waals surface area contributed by atoms with E-state index in [4.69, 9.17) is 9.47 Å². The minimum absolute atomic E-state index is 0.325. The van der Waals surface area contributed by atoms with Crippen molar-refractivity contribution in [1.82, 2.24) is 10.2 Å². The number of rotatable bonds is 2. The molecule has 1 aromatic heterocycles. The van der Waals surface area contributed by atoms with Crippen LogP contribution in [-0.2, 0) is 0 Å². The number of aromatic nitrogens is 2. The Labute approximate surface area is 142 Å². The summed E-state index contributed by atoms with van der Waals surface area (Å²) < 4.78 is 12.6. The molecule has 116 valence electrons. The quantitative estimate of drug-likeness (QED) is 0.780. The van der Waals surface area contributed by atoms with Crippen molar-refractivity contribution in [2.75, 3.05) is 0 Å². The van der Waals surface area contributed by atoms with Gasteiger partial charge in [-0.25, -0.2) is 0 Å². The lowest BCUT2D eigenvalue weighted by molar-refractivity contribution is -0.104. The average molecular weight is 383 g/mol. The van der Waals surface area contributed by atoms with E-state index in [1.807, 2.05) is 32.0 Å². The van der Waals surface area contributed by atoms with E-state index in [9.17, 15) is 5.11 Å². The third-order valence-electron chi connectivity index (χ3n) is 3.52. The Balaban J connectivity index is 2.00. The molecule has 1 aromatic carbocycles. The molecule has 7 heteroatoms. The van der Waals surface area contributed by atoms with Crippen LogP contribution in [0.2, 0.25) is 0 Å². The number of halogens is 1. The number of aliphatic hydroxyl groups excluding tert-OH is 1. The second-order valence-electron chi connectivity index (χ2n) is 5.60. The van der Waals surface area contributed by atoms with Crippen molar-refractivity contribution in [3.63, 3.8) is 0 Å². The van der Waals surface area contributed by atoms with Gasteiger partial charge in [-0.15, -0.1) is 22.8 Å².